The molecular weight excluding hydrogens is 476 g/mol. The molecule has 216 valence electrons. The van der Waals surface area contributed by atoms with Crippen LogP contribution in [0, 0.1) is 46.8 Å². The van der Waals surface area contributed by atoms with Crippen LogP contribution < -0.4 is 0 Å². The molecule has 5 heteroatoms. The monoisotopic (exact) mass is 530 g/mol. The molecule has 6 aliphatic rings. The molecule has 0 aromatic carbocycles. The highest BCUT2D eigenvalue weighted by Crippen LogP contribution is 2.66. The summed E-state index contributed by atoms with van der Waals surface area (Å²) in [5, 5.41) is 0. The summed E-state index contributed by atoms with van der Waals surface area (Å²) in [4.78, 5) is 24.8. The number of rotatable bonds is 7. The molecule has 2 saturated heterocycles. The largest absolute Gasteiger partial charge is 0.465 e. The van der Waals surface area contributed by atoms with Gasteiger partial charge in [-0.1, -0.05) is 47.5 Å². The highest BCUT2D eigenvalue weighted by molar-refractivity contribution is 5.80. The van der Waals surface area contributed by atoms with E-state index >= 15 is 0 Å². The molecule has 6 rings (SSSR count). The summed E-state index contributed by atoms with van der Waals surface area (Å²) in [6.07, 6.45) is 16.1. The van der Waals surface area contributed by atoms with E-state index in [9.17, 15) is 9.59 Å². The second-order valence-corrected chi connectivity index (χ2v) is 13.7. The van der Waals surface area contributed by atoms with Crippen LogP contribution in [0.3, 0.4) is 0 Å². The van der Waals surface area contributed by atoms with Gasteiger partial charge in [0.25, 0.3) is 0 Å². The van der Waals surface area contributed by atoms with Crippen molar-refractivity contribution in [1.82, 2.24) is 0 Å². The first kappa shape index (κ1) is 28.4. The van der Waals surface area contributed by atoms with Crippen LogP contribution in [0.5, 0.6) is 0 Å². The van der Waals surface area contributed by atoms with Gasteiger partial charge in [0.15, 0.2) is 0 Å². The summed E-state index contributed by atoms with van der Waals surface area (Å²) >= 11 is 0. The normalized spacial score (nSPS) is 44.2. The molecule has 38 heavy (non-hydrogen) atoms. The SMILES string of the molecule is CCC1CC(CC)C2C3CC(CC3C(=O)OC3(CC)CCCC3)C12.CCC1CC2(CCOC2=O)C(CC)O1. The molecule has 0 aromatic heterocycles. The summed E-state index contributed by atoms with van der Waals surface area (Å²) < 4.78 is 17.2. The molecular formula is C33H54O5. The highest BCUT2D eigenvalue weighted by atomic mass is 16.6. The van der Waals surface area contributed by atoms with Gasteiger partial charge in [-0.2, -0.15) is 0 Å². The van der Waals surface area contributed by atoms with Crippen LogP contribution in [0.4, 0.5) is 0 Å². The average molecular weight is 531 g/mol. The van der Waals surface area contributed by atoms with Crippen molar-refractivity contribution in [3.8, 4) is 0 Å². The maximum absolute atomic E-state index is 13.1. The van der Waals surface area contributed by atoms with E-state index in [1.807, 2.05) is 0 Å². The lowest BCUT2D eigenvalue weighted by Crippen LogP contribution is -2.39. The van der Waals surface area contributed by atoms with E-state index in [2.05, 4.69) is 34.6 Å². The van der Waals surface area contributed by atoms with Crippen LogP contribution in [-0.4, -0.2) is 36.4 Å². The van der Waals surface area contributed by atoms with Gasteiger partial charge in [0.2, 0.25) is 0 Å². The van der Waals surface area contributed by atoms with Crippen molar-refractivity contribution in [3.63, 3.8) is 0 Å². The Morgan fingerprint density at radius 1 is 0.895 bits per heavy atom. The Morgan fingerprint density at radius 2 is 1.61 bits per heavy atom. The minimum atomic E-state index is -0.296. The number of fused-ring (bicyclic) bond motifs is 5. The quantitative estimate of drug-likeness (QED) is 0.319. The van der Waals surface area contributed by atoms with Crippen LogP contribution in [-0.2, 0) is 23.8 Å². The van der Waals surface area contributed by atoms with Crippen molar-refractivity contribution < 1.29 is 23.8 Å². The molecule has 2 bridgehead atoms. The summed E-state index contributed by atoms with van der Waals surface area (Å²) in [6.45, 7) is 11.7. The van der Waals surface area contributed by atoms with Crippen LogP contribution >= 0.6 is 0 Å². The van der Waals surface area contributed by atoms with Crippen LogP contribution in [0.2, 0.25) is 0 Å². The van der Waals surface area contributed by atoms with Crippen molar-refractivity contribution >= 4 is 11.9 Å². The van der Waals surface area contributed by atoms with Gasteiger partial charge in [0.05, 0.1) is 30.1 Å². The number of hydrogen-bond acceptors (Lipinski definition) is 5. The summed E-state index contributed by atoms with van der Waals surface area (Å²) in [7, 11) is 0. The van der Waals surface area contributed by atoms with E-state index in [4.69, 9.17) is 14.2 Å². The second-order valence-electron chi connectivity index (χ2n) is 13.7. The topological polar surface area (TPSA) is 61.8 Å². The van der Waals surface area contributed by atoms with Gasteiger partial charge >= 0.3 is 11.9 Å². The molecule has 5 nitrogen and oxygen atoms in total. The second kappa shape index (κ2) is 11.4. The van der Waals surface area contributed by atoms with E-state index in [-0.39, 0.29) is 41.1 Å². The zero-order chi connectivity index (χ0) is 27.1. The first-order valence-corrected chi connectivity index (χ1v) is 16.4. The smallest absolute Gasteiger partial charge is 0.314 e. The van der Waals surface area contributed by atoms with E-state index < -0.39 is 0 Å². The Hall–Kier alpha value is -1.10. The fraction of sp³-hybridized carbons (Fsp3) is 0.939. The fourth-order valence-electron chi connectivity index (χ4n) is 10.2. The van der Waals surface area contributed by atoms with E-state index in [0.717, 1.165) is 81.0 Å². The number of carbonyl (C=O) groups is 2. The Morgan fingerprint density at radius 3 is 2.18 bits per heavy atom. The first-order chi connectivity index (χ1) is 18.3. The maximum Gasteiger partial charge on any atom is 0.314 e. The lowest BCUT2D eigenvalue weighted by Gasteiger charge is -2.37. The van der Waals surface area contributed by atoms with Crippen LogP contribution in [0.1, 0.15) is 125 Å². The standard InChI is InChI=1S/C22H36O2.C11H18O3/c1-4-14-11-15(5-2)20-17-12-16(19(14)20)13-18(17)21(23)24-22(6-3)9-7-8-10-22;1-3-8-7-11(9(4-2)14-8)5-6-13-10(11)12/h14-20H,4-13H2,1-3H3;8-9H,3-7H2,1-2H3. The number of carbonyl (C=O) groups excluding carboxylic acids is 2. The molecule has 0 aromatic rings. The molecule has 4 saturated carbocycles. The fourth-order valence-corrected chi connectivity index (χ4v) is 10.2. The Balaban J connectivity index is 0.000000179. The molecule has 2 aliphatic heterocycles. The molecule has 6 fully saturated rings. The summed E-state index contributed by atoms with van der Waals surface area (Å²) in [6, 6.07) is 0. The zero-order valence-corrected chi connectivity index (χ0v) is 24.8. The van der Waals surface area contributed by atoms with E-state index in [1.54, 1.807) is 0 Å². The van der Waals surface area contributed by atoms with E-state index in [0.29, 0.717) is 12.5 Å². The van der Waals surface area contributed by atoms with Crippen molar-refractivity contribution in [2.45, 2.75) is 142 Å². The Bertz CT molecular complexity index is 848. The number of hydrogen-bond donors (Lipinski definition) is 0. The zero-order valence-electron chi connectivity index (χ0n) is 24.8. The predicted molar refractivity (Wildman–Crippen MR) is 148 cm³/mol. The highest BCUT2D eigenvalue weighted by Gasteiger charge is 2.61. The Labute approximate surface area is 231 Å². The predicted octanol–water partition coefficient (Wildman–Crippen LogP) is 7.49. The van der Waals surface area contributed by atoms with Crippen molar-refractivity contribution in [1.29, 1.82) is 0 Å². The average Bonchev–Trinajstić information content (AvgIpc) is 3.76. The first-order valence-electron chi connectivity index (χ1n) is 16.4. The van der Waals surface area contributed by atoms with Crippen LogP contribution in [0.15, 0.2) is 0 Å². The number of esters is 2. The van der Waals surface area contributed by atoms with Gasteiger partial charge in [-0.05, 0) is 106 Å². The lowest BCUT2D eigenvalue weighted by molar-refractivity contribution is -0.168. The summed E-state index contributed by atoms with van der Waals surface area (Å²) in [5.41, 5.74) is -0.403. The Kier molecular flexibility index (Phi) is 8.54. The van der Waals surface area contributed by atoms with Gasteiger partial charge in [-0.3, -0.25) is 9.59 Å². The third-order valence-electron chi connectivity index (χ3n) is 12.2. The van der Waals surface area contributed by atoms with Gasteiger partial charge in [0, 0.05) is 6.42 Å². The van der Waals surface area contributed by atoms with Gasteiger partial charge in [-0.15, -0.1) is 0 Å². The third kappa shape index (κ3) is 4.75. The maximum atomic E-state index is 13.1. The molecule has 1 spiro atoms. The minimum Gasteiger partial charge on any atom is -0.465 e. The van der Waals surface area contributed by atoms with Crippen molar-refractivity contribution in [2.75, 3.05) is 6.61 Å². The molecule has 10 unspecified atom stereocenters. The third-order valence-corrected chi connectivity index (χ3v) is 12.2. The molecule has 0 N–H and O–H groups in total. The van der Waals surface area contributed by atoms with Crippen LogP contribution in [0.25, 0.3) is 0 Å². The number of ether oxygens (including phenoxy) is 3. The molecule has 4 aliphatic carbocycles. The lowest BCUT2D eigenvalue weighted by atomic mass is 9.70. The summed E-state index contributed by atoms with van der Waals surface area (Å²) in [5.74, 6) is 5.41. The van der Waals surface area contributed by atoms with Gasteiger partial charge < -0.3 is 14.2 Å². The molecule has 2 heterocycles. The van der Waals surface area contributed by atoms with Crippen molar-refractivity contribution in [2.24, 2.45) is 46.8 Å². The molecule has 0 amide bonds. The van der Waals surface area contributed by atoms with Crippen molar-refractivity contribution in [3.05, 3.63) is 0 Å². The molecule has 0 radical (unpaired) electrons. The molecule has 10 atom stereocenters. The van der Waals surface area contributed by atoms with E-state index in [1.165, 1.54) is 38.5 Å². The van der Waals surface area contributed by atoms with Gasteiger partial charge in [0.1, 0.15) is 5.60 Å². The van der Waals surface area contributed by atoms with Gasteiger partial charge in [-0.25, -0.2) is 0 Å². The minimum absolute atomic E-state index is 0.0275. The number of cyclic esters (lactones) is 1.